The van der Waals surface area contributed by atoms with E-state index in [-0.39, 0.29) is 11.7 Å². The van der Waals surface area contributed by atoms with E-state index in [1.54, 1.807) is 13.0 Å². The smallest absolute Gasteiger partial charge is 0.296 e. The molecule has 0 saturated heterocycles. The van der Waals surface area contributed by atoms with Crippen molar-refractivity contribution in [2.24, 2.45) is 0 Å². The van der Waals surface area contributed by atoms with E-state index in [2.05, 4.69) is 27.4 Å². The van der Waals surface area contributed by atoms with Crippen molar-refractivity contribution < 1.29 is 9.32 Å². The molecule has 7 heteroatoms. The van der Waals surface area contributed by atoms with Crippen molar-refractivity contribution in [2.75, 3.05) is 18.9 Å². The number of carbonyl (C=O) groups is 1. The van der Waals surface area contributed by atoms with Gasteiger partial charge in [-0.1, -0.05) is 5.16 Å². The van der Waals surface area contributed by atoms with E-state index in [1.807, 2.05) is 0 Å². The molecule has 2 aromatic rings. The fourth-order valence-electron chi connectivity index (χ4n) is 2.01. The van der Waals surface area contributed by atoms with Gasteiger partial charge in [0, 0.05) is 30.5 Å². The van der Waals surface area contributed by atoms with Crippen LogP contribution in [-0.4, -0.2) is 34.5 Å². The van der Waals surface area contributed by atoms with Crippen LogP contribution in [0.2, 0.25) is 0 Å². The van der Waals surface area contributed by atoms with E-state index in [9.17, 15) is 4.79 Å². The summed E-state index contributed by atoms with van der Waals surface area (Å²) in [7, 11) is 2.08. The summed E-state index contributed by atoms with van der Waals surface area (Å²) in [6.07, 6.45) is 0.930. The number of amides is 1. The molecular weight excluding hydrogens is 264 g/mol. The van der Waals surface area contributed by atoms with E-state index in [0.717, 1.165) is 25.2 Å². The van der Waals surface area contributed by atoms with E-state index in [0.29, 0.717) is 10.8 Å². The van der Waals surface area contributed by atoms with Crippen molar-refractivity contribution in [3.8, 4) is 0 Å². The highest BCUT2D eigenvalue weighted by Crippen LogP contribution is 2.27. The van der Waals surface area contributed by atoms with Crippen LogP contribution in [0.5, 0.6) is 0 Å². The van der Waals surface area contributed by atoms with E-state index >= 15 is 0 Å². The van der Waals surface area contributed by atoms with Gasteiger partial charge in [0.1, 0.15) is 0 Å². The summed E-state index contributed by atoms with van der Waals surface area (Å²) >= 11 is 1.52. The molecule has 0 aromatic carbocycles. The van der Waals surface area contributed by atoms with Crippen molar-refractivity contribution in [3.05, 3.63) is 28.1 Å². The second kappa shape index (κ2) is 4.75. The van der Waals surface area contributed by atoms with Gasteiger partial charge in [-0.25, -0.2) is 4.98 Å². The number of aromatic nitrogens is 2. The zero-order valence-corrected chi connectivity index (χ0v) is 11.6. The van der Waals surface area contributed by atoms with E-state index < -0.39 is 0 Å². The van der Waals surface area contributed by atoms with E-state index in [1.165, 1.54) is 16.2 Å². The third-order valence-electron chi connectivity index (χ3n) is 2.99. The van der Waals surface area contributed by atoms with Crippen LogP contribution >= 0.6 is 11.3 Å². The first kappa shape index (κ1) is 12.3. The Kier molecular flexibility index (Phi) is 3.08. The van der Waals surface area contributed by atoms with Gasteiger partial charge in [-0.3, -0.25) is 10.1 Å². The van der Waals surface area contributed by atoms with Crippen LogP contribution < -0.4 is 5.32 Å². The topological polar surface area (TPSA) is 71.3 Å². The van der Waals surface area contributed by atoms with Crippen LogP contribution in [0.15, 0.2) is 10.6 Å². The molecule has 0 atom stereocenters. The van der Waals surface area contributed by atoms with Crippen molar-refractivity contribution in [2.45, 2.75) is 19.9 Å². The standard InChI is InChI=1S/C12H14N4O2S/c1-7-5-9(18-15-7)11(17)14-12-13-8-3-4-16(2)6-10(8)19-12/h5H,3-4,6H2,1-2H3,(H,13,14,17). The van der Waals surface area contributed by atoms with Crippen LogP contribution in [0, 0.1) is 6.92 Å². The molecule has 0 fully saturated rings. The molecule has 0 spiro atoms. The monoisotopic (exact) mass is 278 g/mol. The van der Waals surface area contributed by atoms with Crippen molar-refractivity contribution in [1.29, 1.82) is 0 Å². The lowest BCUT2D eigenvalue weighted by atomic mass is 10.2. The van der Waals surface area contributed by atoms with Crippen LogP contribution in [0.1, 0.15) is 26.8 Å². The number of likely N-dealkylation sites (N-methyl/N-ethyl adjacent to an activating group) is 1. The predicted molar refractivity (Wildman–Crippen MR) is 71.3 cm³/mol. The molecule has 1 N–H and O–H groups in total. The number of aryl methyl sites for hydroxylation is 1. The highest BCUT2D eigenvalue weighted by atomic mass is 32.1. The molecule has 1 aliphatic heterocycles. The summed E-state index contributed by atoms with van der Waals surface area (Å²) in [6, 6.07) is 1.61. The van der Waals surface area contributed by atoms with Crippen molar-refractivity contribution in [1.82, 2.24) is 15.0 Å². The number of carbonyl (C=O) groups excluding carboxylic acids is 1. The molecule has 0 aliphatic carbocycles. The second-order valence-electron chi connectivity index (χ2n) is 4.66. The highest BCUT2D eigenvalue weighted by Gasteiger charge is 2.20. The largest absolute Gasteiger partial charge is 0.351 e. The van der Waals surface area contributed by atoms with Gasteiger partial charge in [0.25, 0.3) is 5.91 Å². The Morgan fingerprint density at radius 1 is 1.58 bits per heavy atom. The molecule has 2 aromatic heterocycles. The predicted octanol–water partition coefficient (Wildman–Crippen LogP) is 1.68. The van der Waals surface area contributed by atoms with Crippen LogP contribution in [-0.2, 0) is 13.0 Å². The molecule has 3 heterocycles. The summed E-state index contributed by atoms with van der Waals surface area (Å²) in [5.41, 5.74) is 1.78. The fraction of sp³-hybridized carbons (Fsp3) is 0.417. The van der Waals surface area contributed by atoms with Gasteiger partial charge in [0.15, 0.2) is 5.13 Å². The quantitative estimate of drug-likeness (QED) is 0.905. The Morgan fingerprint density at radius 2 is 2.42 bits per heavy atom. The molecule has 0 saturated carbocycles. The van der Waals surface area contributed by atoms with Crippen LogP contribution in [0.4, 0.5) is 5.13 Å². The van der Waals surface area contributed by atoms with Crippen LogP contribution in [0.3, 0.4) is 0 Å². The molecule has 1 amide bonds. The minimum atomic E-state index is -0.306. The number of hydrogen-bond acceptors (Lipinski definition) is 6. The molecular formula is C12H14N4O2S. The van der Waals surface area contributed by atoms with Gasteiger partial charge in [0.2, 0.25) is 5.76 Å². The SMILES string of the molecule is Cc1cc(C(=O)Nc2nc3c(s2)CN(C)CC3)on1. The molecule has 0 unspecified atom stereocenters. The molecule has 100 valence electrons. The average Bonchev–Trinajstić information content (AvgIpc) is 2.94. The lowest BCUT2D eigenvalue weighted by Crippen LogP contribution is -2.25. The maximum atomic E-state index is 11.9. The summed E-state index contributed by atoms with van der Waals surface area (Å²) in [5.74, 6) is -0.0946. The summed E-state index contributed by atoms with van der Waals surface area (Å²) in [5, 5.41) is 7.08. The third-order valence-corrected chi connectivity index (χ3v) is 3.99. The van der Waals surface area contributed by atoms with Gasteiger partial charge in [-0.2, -0.15) is 0 Å². The van der Waals surface area contributed by atoms with E-state index in [4.69, 9.17) is 4.52 Å². The Morgan fingerprint density at radius 3 is 3.16 bits per heavy atom. The minimum Gasteiger partial charge on any atom is -0.351 e. The maximum absolute atomic E-state index is 11.9. The first-order valence-corrected chi connectivity index (χ1v) is 6.85. The highest BCUT2D eigenvalue weighted by molar-refractivity contribution is 7.15. The molecule has 3 rings (SSSR count). The normalized spacial score (nSPS) is 15.3. The number of anilines is 1. The van der Waals surface area contributed by atoms with Gasteiger partial charge in [-0.05, 0) is 14.0 Å². The lowest BCUT2D eigenvalue weighted by molar-refractivity contribution is 0.0988. The summed E-state index contributed by atoms with van der Waals surface area (Å²) < 4.78 is 4.92. The number of hydrogen-bond donors (Lipinski definition) is 1. The van der Waals surface area contributed by atoms with Crippen molar-refractivity contribution in [3.63, 3.8) is 0 Å². The third kappa shape index (κ3) is 2.52. The number of nitrogens with one attached hydrogen (secondary N) is 1. The Hall–Kier alpha value is -1.73. The minimum absolute atomic E-state index is 0.211. The summed E-state index contributed by atoms with van der Waals surface area (Å²) in [6.45, 7) is 3.67. The van der Waals surface area contributed by atoms with Crippen LogP contribution in [0.25, 0.3) is 0 Å². The lowest BCUT2D eigenvalue weighted by Gasteiger charge is -2.20. The second-order valence-corrected chi connectivity index (χ2v) is 5.75. The number of thiazole rings is 1. The first-order valence-electron chi connectivity index (χ1n) is 6.03. The molecule has 0 radical (unpaired) electrons. The zero-order valence-electron chi connectivity index (χ0n) is 10.8. The van der Waals surface area contributed by atoms with Gasteiger partial charge in [-0.15, -0.1) is 11.3 Å². The summed E-state index contributed by atoms with van der Waals surface area (Å²) in [4.78, 5) is 19.8. The zero-order chi connectivity index (χ0) is 13.4. The fourth-order valence-corrected chi connectivity index (χ4v) is 3.09. The Bertz CT molecular complexity index is 619. The maximum Gasteiger partial charge on any atom is 0.296 e. The van der Waals surface area contributed by atoms with Gasteiger partial charge >= 0.3 is 0 Å². The number of rotatable bonds is 2. The van der Waals surface area contributed by atoms with Gasteiger partial charge < -0.3 is 9.42 Å². The average molecular weight is 278 g/mol. The first-order chi connectivity index (χ1) is 9.11. The van der Waals surface area contributed by atoms with Gasteiger partial charge in [0.05, 0.1) is 11.4 Å². The number of fused-ring (bicyclic) bond motifs is 1. The molecule has 0 bridgehead atoms. The molecule has 6 nitrogen and oxygen atoms in total. The Balaban J connectivity index is 1.75. The van der Waals surface area contributed by atoms with Crippen molar-refractivity contribution >= 4 is 22.4 Å². The number of nitrogens with zero attached hydrogens (tertiary/aromatic N) is 3. The Labute approximate surface area is 114 Å². The molecule has 1 aliphatic rings. The molecule has 19 heavy (non-hydrogen) atoms.